The molecular weight excluding hydrogens is 318 g/mol. The van der Waals surface area contributed by atoms with Crippen molar-refractivity contribution in [1.82, 2.24) is 10.3 Å². The van der Waals surface area contributed by atoms with Crippen LogP contribution in [0.1, 0.15) is 30.8 Å². The van der Waals surface area contributed by atoms with Gasteiger partial charge < -0.3 is 15.1 Å². The van der Waals surface area contributed by atoms with E-state index in [4.69, 9.17) is 4.42 Å². The molecule has 0 bridgehead atoms. The molecule has 0 spiro atoms. The van der Waals surface area contributed by atoms with E-state index >= 15 is 0 Å². The number of amides is 2. The summed E-state index contributed by atoms with van der Waals surface area (Å²) in [7, 11) is 0. The molecule has 128 valence electrons. The van der Waals surface area contributed by atoms with Crippen LogP contribution in [0.3, 0.4) is 0 Å². The van der Waals surface area contributed by atoms with Gasteiger partial charge in [-0.25, -0.2) is 4.98 Å². The molecule has 25 heavy (non-hydrogen) atoms. The molecule has 1 atom stereocenters. The Morgan fingerprint density at radius 1 is 1.16 bits per heavy atom. The van der Waals surface area contributed by atoms with Crippen LogP contribution in [0.2, 0.25) is 0 Å². The molecule has 0 aliphatic carbocycles. The average Bonchev–Trinajstić information content (AvgIpc) is 2.94. The number of fused-ring (bicyclic) bond motifs is 1. The Balaban J connectivity index is 1.72. The van der Waals surface area contributed by atoms with Crippen LogP contribution in [0, 0.1) is 6.92 Å². The molecule has 1 heterocycles. The SMILES string of the molecule is CC(=O)NC(CC(=O)Nc1ccc2oc(C)nc2c1)c1ccccc1. The summed E-state index contributed by atoms with van der Waals surface area (Å²) in [4.78, 5) is 28.1. The van der Waals surface area contributed by atoms with Gasteiger partial charge >= 0.3 is 0 Å². The maximum atomic E-state index is 12.4. The van der Waals surface area contributed by atoms with E-state index in [1.54, 1.807) is 25.1 Å². The van der Waals surface area contributed by atoms with Crippen molar-refractivity contribution in [2.75, 3.05) is 5.32 Å². The zero-order valence-electron chi connectivity index (χ0n) is 14.1. The number of anilines is 1. The molecule has 2 N–H and O–H groups in total. The van der Waals surface area contributed by atoms with Gasteiger partial charge in [0.1, 0.15) is 5.52 Å². The summed E-state index contributed by atoms with van der Waals surface area (Å²) in [5, 5.41) is 5.66. The average molecular weight is 337 g/mol. The predicted octanol–water partition coefficient (Wildman–Crippen LogP) is 3.34. The first-order valence-corrected chi connectivity index (χ1v) is 8.00. The molecular formula is C19H19N3O3. The lowest BCUT2D eigenvalue weighted by atomic mass is 10.0. The molecule has 0 saturated heterocycles. The summed E-state index contributed by atoms with van der Waals surface area (Å²) in [6.45, 7) is 3.21. The van der Waals surface area contributed by atoms with E-state index in [1.165, 1.54) is 6.92 Å². The molecule has 0 aliphatic rings. The first-order chi connectivity index (χ1) is 12.0. The Morgan fingerprint density at radius 3 is 2.64 bits per heavy atom. The fourth-order valence-electron chi connectivity index (χ4n) is 2.70. The van der Waals surface area contributed by atoms with E-state index in [0.29, 0.717) is 22.7 Å². The van der Waals surface area contributed by atoms with Gasteiger partial charge in [-0.3, -0.25) is 9.59 Å². The minimum atomic E-state index is -0.378. The van der Waals surface area contributed by atoms with Crippen molar-refractivity contribution in [2.45, 2.75) is 26.3 Å². The lowest BCUT2D eigenvalue weighted by Crippen LogP contribution is -2.29. The fourth-order valence-corrected chi connectivity index (χ4v) is 2.70. The van der Waals surface area contributed by atoms with E-state index in [0.717, 1.165) is 5.56 Å². The van der Waals surface area contributed by atoms with E-state index in [-0.39, 0.29) is 24.3 Å². The maximum Gasteiger partial charge on any atom is 0.226 e. The monoisotopic (exact) mass is 337 g/mol. The van der Waals surface area contributed by atoms with Crippen LogP contribution in [-0.2, 0) is 9.59 Å². The number of hydrogen-bond acceptors (Lipinski definition) is 4. The summed E-state index contributed by atoms with van der Waals surface area (Å²) in [6, 6.07) is 14.3. The number of nitrogens with one attached hydrogen (secondary N) is 2. The molecule has 1 aromatic heterocycles. The van der Waals surface area contributed by atoms with Crippen LogP contribution >= 0.6 is 0 Å². The number of aromatic nitrogens is 1. The second-order valence-corrected chi connectivity index (χ2v) is 5.83. The van der Waals surface area contributed by atoms with Crippen LogP contribution in [0.5, 0.6) is 0 Å². The van der Waals surface area contributed by atoms with E-state index < -0.39 is 0 Å². The third-order valence-electron chi connectivity index (χ3n) is 3.75. The largest absolute Gasteiger partial charge is 0.441 e. The number of nitrogens with zero attached hydrogens (tertiary/aromatic N) is 1. The second kappa shape index (κ2) is 7.17. The number of carbonyl (C=O) groups excluding carboxylic acids is 2. The Morgan fingerprint density at radius 2 is 1.92 bits per heavy atom. The first-order valence-electron chi connectivity index (χ1n) is 8.00. The topological polar surface area (TPSA) is 84.2 Å². The minimum absolute atomic E-state index is 0.138. The van der Waals surface area contributed by atoms with Gasteiger partial charge in [-0.1, -0.05) is 30.3 Å². The highest BCUT2D eigenvalue weighted by atomic mass is 16.3. The number of carbonyl (C=O) groups is 2. The summed E-state index contributed by atoms with van der Waals surface area (Å²) in [6.07, 6.45) is 0.138. The molecule has 2 amide bonds. The second-order valence-electron chi connectivity index (χ2n) is 5.83. The molecule has 2 aromatic carbocycles. The van der Waals surface area contributed by atoms with Gasteiger partial charge in [0.15, 0.2) is 11.5 Å². The quantitative estimate of drug-likeness (QED) is 0.748. The molecule has 0 radical (unpaired) electrons. The van der Waals surface area contributed by atoms with Crippen LogP contribution in [-0.4, -0.2) is 16.8 Å². The zero-order chi connectivity index (χ0) is 17.8. The molecule has 0 aliphatic heterocycles. The van der Waals surface area contributed by atoms with Crippen molar-refractivity contribution >= 4 is 28.6 Å². The van der Waals surface area contributed by atoms with Crippen molar-refractivity contribution in [2.24, 2.45) is 0 Å². The van der Waals surface area contributed by atoms with Gasteiger partial charge in [-0.2, -0.15) is 0 Å². The van der Waals surface area contributed by atoms with Crippen LogP contribution in [0.4, 0.5) is 5.69 Å². The third-order valence-corrected chi connectivity index (χ3v) is 3.75. The highest BCUT2D eigenvalue weighted by Crippen LogP contribution is 2.21. The van der Waals surface area contributed by atoms with Crippen molar-refractivity contribution in [3.8, 4) is 0 Å². The van der Waals surface area contributed by atoms with Crippen LogP contribution in [0.15, 0.2) is 52.9 Å². The fraction of sp³-hybridized carbons (Fsp3) is 0.211. The number of aryl methyl sites for hydroxylation is 1. The van der Waals surface area contributed by atoms with Crippen LogP contribution < -0.4 is 10.6 Å². The molecule has 3 rings (SSSR count). The summed E-state index contributed by atoms with van der Waals surface area (Å²) >= 11 is 0. The van der Waals surface area contributed by atoms with Crippen molar-refractivity contribution in [3.05, 3.63) is 60.0 Å². The minimum Gasteiger partial charge on any atom is -0.441 e. The van der Waals surface area contributed by atoms with Gasteiger partial charge in [0, 0.05) is 19.5 Å². The maximum absolute atomic E-state index is 12.4. The van der Waals surface area contributed by atoms with Gasteiger partial charge in [-0.05, 0) is 23.8 Å². The van der Waals surface area contributed by atoms with E-state index in [2.05, 4.69) is 15.6 Å². The lowest BCUT2D eigenvalue weighted by Gasteiger charge is -2.18. The van der Waals surface area contributed by atoms with Gasteiger partial charge in [0.2, 0.25) is 11.8 Å². The molecule has 3 aromatic rings. The molecule has 0 fully saturated rings. The van der Waals surface area contributed by atoms with E-state index in [9.17, 15) is 9.59 Å². The first kappa shape index (κ1) is 16.7. The van der Waals surface area contributed by atoms with Crippen molar-refractivity contribution < 1.29 is 14.0 Å². The molecule has 0 saturated carbocycles. The Kier molecular flexibility index (Phi) is 4.79. The van der Waals surface area contributed by atoms with Gasteiger partial charge in [0.05, 0.1) is 12.5 Å². The predicted molar refractivity (Wildman–Crippen MR) is 95.0 cm³/mol. The number of rotatable bonds is 5. The van der Waals surface area contributed by atoms with Gasteiger partial charge in [0.25, 0.3) is 0 Å². The number of hydrogen-bond donors (Lipinski definition) is 2. The Bertz CT molecular complexity index is 903. The third kappa shape index (κ3) is 4.23. The van der Waals surface area contributed by atoms with Crippen molar-refractivity contribution in [3.63, 3.8) is 0 Å². The Hall–Kier alpha value is -3.15. The van der Waals surface area contributed by atoms with E-state index in [1.807, 2.05) is 30.3 Å². The lowest BCUT2D eigenvalue weighted by molar-refractivity contribution is -0.120. The summed E-state index contributed by atoms with van der Waals surface area (Å²) in [5.41, 5.74) is 2.89. The Labute approximate surface area is 145 Å². The molecule has 6 nitrogen and oxygen atoms in total. The standard InChI is InChI=1S/C19H19N3O3/c1-12(23)20-16(14-6-4-3-5-7-14)11-19(24)22-15-8-9-18-17(10-15)21-13(2)25-18/h3-10,16H,11H2,1-2H3,(H,20,23)(H,22,24). The normalized spacial score (nSPS) is 11.9. The highest BCUT2D eigenvalue weighted by Gasteiger charge is 2.17. The molecule has 6 heteroatoms. The number of oxazole rings is 1. The van der Waals surface area contributed by atoms with Gasteiger partial charge in [-0.15, -0.1) is 0 Å². The zero-order valence-corrected chi connectivity index (χ0v) is 14.1. The number of benzene rings is 2. The highest BCUT2D eigenvalue weighted by molar-refractivity contribution is 5.93. The summed E-state index contributed by atoms with van der Waals surface area (Å²) < 4.78 is 5.42. The summed E-state index contributed by atoms with van der Waals surface area (Å²) in [5.74, 6) is 0.205. The smallest absolute Gasteiger partial charge is 0.226 e. The van der Waals surface area contributed by atoms with Crippen molar-refractivity contribution in [1.29, 1.82) is 0 Å². The van der Waals surface area contributed by atoms with Crippen LogP contribution in [0.25, 0.3) is 11.1 Å². The molecule has 1 unspecified atom stereocenters.